The molecule has 1 fully saturated rings. The summed E-state index contributed by atoms with van der Waals surface area (Å²) < 4.78 is 13.7. The van der Waals surface area contributed by atoms with Crippen LogP contribution < -0.4 is 0 Å². The van der Waals surface area contributed by atoms with Gasteiger partial charge in [0.25, 0.3) is 0 Å². The van der Waals surface area contributed by atoms with Crippen LogP contribution in [-0.2, 0) is 23.2 Å². The number of fused-ring (bicyclic) bond motifs is 2. The van der Waals surface area contributed by atoms with Gasteiger partial charge in [-0.25, -0.2) is 4.39 Å². The third-order valence-electron chi connectivity index (χ3n) is 5.74. The van der Waals surface area contributed by atoms with Crippen LogP contribution in [0.15, 0.2) is 48.7 Å². The van der Waals surface area contributed by atoms with E-state index in [-0.39, 0.29) is 11.7 Å². The molecule has 1 aliphatic carbocycles. The van der Waals surface area contributed by atoms with Crippen molar-refractivity contribution in [3.8, 4) is 0 Å². The minimum absolute atomic E-state index is 0.187. The monoisotopic (exact) mass is 334 g/mol. The maximum atomic E-state index is 13.7. The predicted molar refractivity (Wildman–Crippen MR) is 94.7 cm³/mol. The SMILES string of the molecule is O=C(N1CCc2ccccc2C1)C1(c2c[nH]c3ccc(F)cc23)CC1. The van der Waals surface area contributed by atoms with E-state index in [9.17, 15) is 9.18 Å². The van der Waals surface area contributed by atoms with Crippen molar-refractivity contribution in [2.24, 2.45) is 0 Å². The number of aromatic amines is 1. The molecule has 126 valence electrons. The minimum atomic E-state index is -0.474. The standard InChI is InChI=1S/C21H19FN2O/c22-16-5-6-19-17(11-16)18(12-23-19)21(8-9-21)20(25)24-10-7-14-3-1-2-4-15(14)13-24/h1-6,11-12,23H,7-10,13H2. The van der Waals surface area contributed by atoms with Gasteiger partial charge in [-0.15, -0.1) is 0 Å². The highest BCUT2D eigenvalue weighted by atomic mass is 19.1. The molecule has 1 aromatic heterocycles. The number of rotatable bonds is 2. The number of hydrogen-bond donors (Lipinski definition) is 1. The summed E-state index contributed by atoms with van der Waals surface area (Å²) in [5.41, 5.74) is 3.94. The first-order valence-corrected chi connectivity index (χ1v) is 8.81. The van der Waals surface area contributed by atoms with Crippen molar-refractivity contribution in [3.63, 3.8) is 0 Å². The van der Waals surface area contributed by atoms with Crippen molar-refractivity contribution in [1.82, 2.24) is 9.88 Å². The van der Waals surface area contributed by atoms with Gasteiger partial charge >= 0.3 is 0 Å². The molecule has 2 aromatic carbocycles. The number of halogens is 1. The van der Waals surface area contributed by atoms with E-state index in [0.717, 1.165) is 42.3 Å². The molecular weight excluding hydrogens is 315 g/mol. The van der Waals surface area contributed by atoms with Crippen LogP contribution in [-0.4, -0.2) is 22.3 Å². The number of H-pyrrole nitrogens is 1. The number of amides is 1. The van der Waals surface area contributed by atoms with Gasteiger partial charge in [-0.3, -0.25) is 4.79 Å². The quantitative estimate of drug-likeness (QED) is 0.757. The van der Waals surface area contributed by atoms with E-state index in [1.54, 1.807) is 12.1 Å². The van der Waals surface area contributed by atoms with Crippen LogP contribution >= 0.6 is 0 Å². The lowest BCUT2D eigenvalue weighted by molar-refractivity contribution is -0.134. The van der Waals surface area contributed by atoms with E-state index in [0.29, 0.717) is 6.54 Å². The molecule has 1 N–H and O–H groups in total. The van der Waals surface area contributed by atoms with Gasteiger partial charge in [0.15, 0.2) is 0 Å². The van der Waals surface area contributed by atoms with Crippen molar-refractivity contribution >= 4 is 16.8 Å². The molecule has 1 amide bonds. The number of carbonyl (C=O) groups excluding carboxylic acids is 1. The van der Waals surface area contributed by atoms with Gasteiger partial charge in [-0.1, -0.05) is 24.3 Å². The zero-order valence-corrected chi connectivity index (χ0v) is 13.9. The Balaban J connectivity index is 1.50. The normalized spacial score (nSPS) is 18.2. The summed E-state index contributed by atoms with van der Waals surface area (Å²) in [6.07, 6.45) is 4.48. The van der Waals surface area contributed by atoms with Crippen LogP contribution in [0, 0.1) is 5.82 Å². The number of nitrogens with zero attached hydrogens (tertiary/aromatic N) is 1. The Morgan fingerprint density at radius 1 is 1.12 bits per heavy atom. The third-order valence-corrected chi connectivity index (χ3v) is 5.74. The molecule has 1 aliphatic heterocycles. The van der Waals surface area contributed by atoms with Gasteiger partial charge < -0.3 is 9.88 Å². The smallest absolute Gasteiger partial charge is 0.233 e. The van der Waals surface area contributed by atoms with Crippen molar-refractivity contribution in [2.75, 3.05) is 6.54 Å². The Hall–Kier alpha value is -2.62. The Morgan fingerprint density at radius 2 is 1.92 bits per heavy atom. The number of hydrogen-bond acceptors (Lipinski definition) is 1. The Kier molecular flexibility index (Phi) is 3.05. The summed E-state index contributed by atoms with van der Waals surface area (Å²) >= 11 is 0. The van der Waals surface area contributed by atoms with Crippen molar-refractivity contribution in [2.45, 2.75) is 31.2 Å². The number of benzene rings is 2. The Morgan fingerprint density at radius 3 is 2.72 bits per heavy atom. The van der Waals surface area contributed by atoms with Crippen molar-refractivity contribution in [1.29, 1.82) is 0 Å². The van der Waals surface area contributed by atoms with Gasteiger partial charge in [0.1, 0.15) is 5.82 Å². The van der Waals surface area contributed by atoms with E-state index in [1.807, 2.05) is 17.2 Å². The van der Waals surface area contributed by atoms with Crippen LogP contribution in [0.25, 0.3) is 10.9 Å². The fourth-order valence-electron chi connectivity index (χ4n) is 4.18. The molecule has 3 nitrogen and oxygen atoms in total. The van der Waals surface area contributed by atoms with Crippen LogP contribution in [0.4, 0.5) is 4.39 Å². The maximum absolute atomic E-state index is 13.7. The Bertz CT molecular complexity index is 986. The van der Waals surface area contributed by atoms with E-state index >= 15 is 0 Å². The summed E-state index contributed by atoms with van der Waals surface area (Å²) in [5, 5.41) is 0.836. The average molecular weight is 334 g/mol. The molecule has 0 atom stereocenters. The molecule has 0 saturated heterocycles. The van der Waals surface area contributed by atoms with E-state index < -0.39 is 5.41 Å². The summed E-state index contributed by atoms with van der Waals surface area (Å²) in [6.45, 7) is 1.43. The zero-order valence-electron chi connectivity index (χ0n) is 13.9. The summed E-state index contributed by atoms with van der Waals surface area (Å²) in [7, 11) is 0. The Labute approximate surface area is 145 Å². The predicted octanol–water partition coefficient (Wildman–Crippen LogP) is 3.92. The van der Waals surface area contributed by atoms with Crippen LogP contribution in [0.1, 0.15) is 29.5 Å². The zero-order chi connectivity index (χ0) is 17.0. The molecule has 0 bridgehead atoms. The largest absolute Gasteiger partial charge is 0.361 e. The van der Waals surface area contributed by atoms with Gasteiger partial charge in [0.05, 0.1) is 5.41 Å². The van der Waals surface area contributed by atoms with Crippen molar-refractivity contribution < 1.29 is 9.18 Å². The molecule has 0 radical (unpaired) electrons. The van der Waals surface area contributed by atoms with Gasteiger partial charge in [0.2, 0.25) is 5.91 Å². The molecular formula is C21H19FN2O. The lowest BCUT2D eigenvalue weighted by atomic mass is 9.92. The first kappa shape index (κ1) is 14.7. The van der Waals surface area contributed by atoms with Crippen LogP contribution in [0.3, 0.4) is 0 Å². The first-order valence-electron chi connectivity index (χ1n) is 8.81. The maximum Gasteiger partial charge on any atom is 0.233 e. The van der Waals surface area contributed by atoms with Crippen molar-refractivity contribution in [3.05, 3.63) is 71.2 Å². The highest BCUT2D eigenvalue weighted by Crippen LogP contribution is 2.52. The summed E-state index contributed by atoms with van der Waals surface area (Å²) in [5.74, 6) is -0.0735. The molecule has 4 heteroatoms. The molecule has 0 spiro atoms. The van der Waals surface area contributed by atoms with E-state index in [2.05, 4.69) is 23.2 Å². The topological polar surface area (TPSA) is 36.1 Å². The van der Waals surface area contributed by atoms with Crippen LogP contribution in [0.5, 0.6) is 0 Å². The van der Waals surface area contributed by atoms with E-state index in [4.69, 9.17) is 0 Å². The minimum Gasteiger partial charge on any atom is -0.361 e. The van der Waals surface area contributed by atoms with Crippen LogP contribution in [0.2, 0.25) is 0 Å². The molecule has 5 rings (SSSR count). The average Bonchev–Trinajstić information content (AvgIpc) is 3.34. The van der Waals surface area contributed by atoms with E-state index in [1.165, 1.54) is 17.2 Å². The lowest BCUT2D eigenvalue weighted by Crippen LogP contribution is -2.42. The summed E-state index contributed by atoms with van der Waals surface area (Å²) in [4.78, 5) is 18.5. The number of aromatic nitrogens is 1. The third kappa shape index (κ3) is 2.20. The van der Waals surface area contributed by atoms with Gasteiger partial charge in [-0.2, -0.15) is 0 Å². The second-order valence-corrected chi connectivity index (χ2v) is 7.22. The highest BCUT2D eigenvalue weighted by Gasteiger charge is 2.54. The lowest BCUT2D eigenvalue weighted by Gasteiger charge is -2.32. The molecule has 2 aliphatic rings. The highest BCUT2D eigenvalue weighted by molar-refractivity contribution is 5.97. The molecule has 0 unspecified atom stereocenters. The van der Waals surface area contributed by atoms with Gasteiger partial charge in [0, 0.05) is 30.2 Å². The molecule has 3 aromatic rings. The second-order valence-electron chi connectivity index (χ2n) is 7.22. The molecule has 25 heavy (non-hydrogen) atoms. The summed E-state index contributed by atoms with van der Waals surface area (Å²) in [6, 6.07) is 13.1. The number of nitrogens with one attached hydrogen (secondary N) is 1. The van der Waals surface area contributed by atoms with Gasteiger partial charge in [-0.05, 0) is 54.2 Å². The molecule has 1 saturated carbocycles. The fourth-order valence-corrected chi connectivity index (χ4v) is 4.18. The first-order chi connectivity index (χ1) is 12.2. The number of carbonyl (C=O) groups is 1. The second kappa shape index (κ2) is 5.19. The fraction of sp³-hybridized carbons (Fsp3) is 0.286. The molecule has 2 heterocycles.